The molecule has 33 heavy (non-hydrogen) atoms. The fraction of sp³-hybridized carbons (Fsp3) is 0.385. The van der Waals surface area contributed by atoms with E-state index in [1.54, 1.807) is 0 Å². The lowest BCUT2D eigenvalue weighted by atomic mass is 9.93. The van der Waals surface area contributed by atoms with E-state index in [0.29, 0.717) is 23.6 Å². The maximum Gasteiger partial charge on any atom is 0.254 e. The average molecular weight is 442 g/mol. The quantitative estimate of drug-likeness (QED) is 0.642. The Labute approximate surface area is 193 Å². The van der Waals surface area contributed by atoms with Gasteiger partial charge >= 0.3 is 0 Å². The fourth-order valence-corrected chi connectivity index (χ4v) is 4.79. The van der Waals surface area contributed by atoms with Gasteiger partial charge in [0.05, 0.1) is 24.3 Å². The molecule has 1 aromatic heterocycles. The highest BCUT2D eigenvalue weighted by Crippen LogP contribution is 2.33. The van der Waals surface area contributed by atoms with Crippen molar-refractivity contribution < 1.29 is 9.53 Å². The number of hydrogen-bond acceptors (Lipinski definition) is 5. The zero-order valence-corrected chi connectivity index (χ0v) is 18.8. The standard InChI is InChI=1S/C26H27N5O2/c1-17-5-8-20(14-22(17)25-28-24(29-30-25)21-11-13-33-16-21)26(32)31-12-3-2-4-23(31)19-9-6-18(15-27)7-10-19/h5-10,14,21,23H,2-4,11-13,16H2,1H3,(H,28,29,30). The van der Waals surface area contributed by atoms with Crippen LogP contribution in [0.1, 0.15) is 70.5 Å². The average Bonchev–Trinajstić information content (AvgIpc) is 3.56. The second kappa shape index (κ2) is 9.16. The van der Waals surface area contributed by atoms with Crippen molar-refractivity contribution in [1.29, 1.82) is 5.26 Å². The molecule has 2 aliphatic rings. The molecule has 3 aromatic rings. The molecular formula is C26H27N5O2. The second-order valence-corrected chi connectivity index (χ2v) is 8.88. The summed E-state index contributed by atoms with van der Waals surface area (Å²) in [5.41, 5.74) is 4.25. The number of nitrogens with zero attached hydrogens (tertiary/aromatic N) is 4. The molecule has 2 fully saturated rings. The Balaban J connectivity index is 1.42. The van der Waals surface area contributed by atoms with Crippen molar-refractivity contribution in [2.45, 2.75) is 44.6 Å². The molecule has 2 aromatic carbocycles. The highest BCUT2D eigenvalue weighted by atomic mass is 16.5. The number of piperidine rings is 1. The third kappa shape index (κ3) is 4.27. The van der Waals surface area contributed by atoms with Gasteiger partial charge < -0.3 is 9.64 Å². The monoisotopic (exact) mass is 441 g/mol. The molecule has 7 heteroatoms. The van der Waals surface area contributed by atoms with Crippen LogP contribution in [0.5, 0.6) is 0 Å². The smallest absolute Gasteiger partial charge is 0.254 e. The molecule has 0 bridgehead atoms. The summed E-state index contributed by atoms with van der Waals surface area (Å²) >= 11 is 0. The normalized spacial score (nSPS) is 20.5. The first-order valence-electron chi connectivity index (χ1n) is 11.6. The van der Waals surface area contributed by atoms with Gasteiger partial charge in [-0.3, -0.25) is 9.89 Å². The number of amides is 1. The number of carbonyl (C=O) groups is 1. The topological polar surface area (TPSA) is 94.9 Å². The van der Waals surface area contributed by atoms with Crippen LogP contribution in [0.2, 0.25) is 0 Å². The van der Waals surface area contributed by atoms with Gasteiger partial charge in [0.25, 0.3) is 5.91 Å². The largest absolute Gasteiger partial charge is 0.381 e. The number of aromatic nitrogens is 3. The highest BCUT2D eigenvalue weighted by molar-refractivity contribution is 5.96. The lowest BCUT2D eigenvalue weighted by Gasteiger charge is -2.36. The van der Waals surface area contributed by atoms with Crippen molar-refractivity contribution in [2.75, 3.05) is 19.8 Å². The number of nitrogens with one attached hydrogen (secondary N) is 1. The maximum atomic E-state index is 13.6. The summed E-state index contributed by atoms with van der Waals surface area (Å²) in [6.45, 7) is 4.15. The third-order valence-electron chi connectivity index (χ3n) is 6.73. The number of likely N-dealkylation sites (tertiary alicyclic amines) is 1. The van der Waals surface area contributed by atoms with E-state index in [-0.39, 0.29) is 17.9 Å². The second-order valence-electron chi connectivity index (χ2n) is 8.88. The molecule has 2 atom stereocenters. The minimum atomic E-state index is 0.0150. The summed E-state index contributed by atoms with van der Waals surface area (Å²) in [7, 11) is 0. The molecule has 1 amide bonds. The van der Waals surface area contributed by atoms with E-state index in [9.17, 15) is 4.79 Å². The Morgan fingerprint density at radius 3 is 2.79 bits per heavy atom. The van der Waals surface area contributed by atoms with Crippen LogP contribution in [-0.4, -0.2) is 45.7 Å². The van der Waals surface area contributed by atoms with Crippen LogP contribution in [0, 0.1) is 18.3 Å². The lowest BCUT2D eigenvalue weighted by molar-refractivity contribution is 0.0611. The van der Waals surface area contributed by atoms with Crippen LogP contribution in [0.15, 0.2) is 42.5 Å². The van der Waals surface area contributed by atoms with Crippen LogP contribution in [0.4, 0.5) is 0 Å². The molecule has 7 nitrogen and oxygen atoms in total. The van der Waals surface area contributed by atoms with Gasteiger partial charge in [-0.1, -0.05) is 18.2 Å². The number of nitriles is 1. The number of hydrogen-bond donors (Lipinski definition) is 1. The number of carbonyl (C=O) groups excluding carboxylic acids is 1. The summed E-state index contributed by atoms with van der Waals surface area (Å²) in [6.07, 6.45) is 3.94. The summed E-state index contributed by atoms with van der Waals surface area (Å²) < 4.78 is 5.47. The van der Waals surface area contributed by atoms with Gasteiger partial charge in [-0.15, -0.1) is 0 Å². The number of ether oxygens (including phenoxy) is 1. The van der Waals surface area contributed by atoms with Gasteiger partial charge in [0.1, 0.15) is 5.82 Å². The zero-order valence-electron chi connectivity index (χ0n) is 18.8. The molecule has 2 saturated heterocycles. The molecule has 0 saturated carbocycles. The Morgan fingerprint density at radius 2 is 2.03 bits per heavy atom. The number of aryl methyl sites for hydroxylation is 1. The predicted octanol–water partition coefficient (Wildman–Crippen LogP) is 4.52. The van der Waals surface area contributed by atoms with Crippen molar-refractivity contribution in [3.05, 3.63) is 70.5 Å². The zero-order chi connectivity index (χ0) is 22.8. The molecule has 1 N–H and O–H groups in total. The van der Waals surface area contributed by atoms with Crippen LogP contribution in [-0.2, 0) is 4.74 Å². The van der Waals surface area contributed by atoms with Crippen molar-refractivity contribution in [2.24, 2.45) is 0 Å². The fourth-order valence-electron chi connectivity index (χ4n) is 4.79. The SMILES string of the molecule is Cc1ccc(C(=O)N2CCCCC2c2ccc(C#N)cc2)cc1-c1n[nH]c(C2CCOC2)n1. The Bertz CT molecular complexity index is 1190. The Hall–Kier alpha value is -3.50. The van der Waals surface area contributed by atoms with Gasteiger partial charge in [0.15, 0.2) is 5.82 Å². The van der Waals surface area contributed by atoms with Gasteiger partial charge in [0, 0.05) is 30.2 Å². The van der Waals surface area contributed by atoms with Crippen LogP contribution in [0.3, 0.4) is 0 Å². The molecule has 0 aliphatic carbocycles. The minimum Gasteiger partial charge on any atom is -0.381 e. The molecule has 2 aliphatic heterocycles. The first-order chi connectivity index (χ1) is 16.1. The molecule has 0 spiro atoms. The molecule has 2 unspecified atom stereocenters. The van der Waals surface area contributed by atoms with E-state index in [1.165, 1.54) is 0 Å². The van der Waals surface area contributed by atoms with Crippen LogP contribution < -0.4 is 0 Å². The molecule has 5 rings (SSSR count). The maximum absolute atomic E-state index is 13.6. The van der Waals surface area contributed by atoms with Crippen molar-refractivity contribution in [3.63, 3.8) is 0 Å². The third-order valence-corrected chi connectivity index (χ3v) is 6.73. The molecular weight excluding hydrogens is 414 g/mol. The van der Waals surface area contributed by atoms with Crippen LogP contribution >= 0.6 is 0 Å². The molecule has 3 heterocycles. The summed E-state index contributed by atoms with van der Waals surface area (Å²) in [4.78, 5) is 20.3. The van der Waals surface area contributed by atoms with E-state index in [4.69, 9.17) is 15.0 Å². The predicted molar refractivity (Wildman–Crippen MR) is 124 cm³/mol. The van der Waals surface area contributed by atoms with Crippen molar-refractivity contribution in [1.82, 2.24) is 20.1 Å². The van der Waals surface area contributed by atoms with E-state index in [0.717, 1.165) is 61.3 Å². The van der Waals surface area contributed by atoms with Crippen LogP contribution in [0.25, 0.3) is 11.4 Å². The van der Waals surface area contributed by atoms with E-state index >= 15 is 0 Å². The van der Waals surface area contributed by atoms with E-state index < -0.39 is 0 Å². The number of rotatable bonds is 4. The number of H-pyrrole nitrogens is 1. The Kier molecular flexibility index (Phi) is 5.93. The summed E-state index contributed by atoms with van der Waals surface area (Å²) in [5.74, 6) is 1.73. The first kappa shape index (κ1) is 21.4. The van der Waals surface area contributed by atoms with E-state index in [2.05, 4.69) is 16.3 Å². The van der Waals surface area contributed by atoms with Crippen molar-refractivity contribution in [3.8, 4) is 17.5 Å². The van der Waals surface area contributed by atoms with Gasteiger partial charge in [-0.05, 0) is 68.0 Å². The molecule has 168 valence electrons. The van der Waals surface area contributed by atoms with Gasteiger partial charge in [-0.25, -0.2) is 4.98 Å². The van der Waals surface area contributed by atoms with Gasteiger partial charge in [-0.2, -0.15) is 10.4 Å². The molecule has 0 radical (unpaired) electrons. The lowest BCUT2D eigenvalue weighted by Crippen LogP contribution is -2.38. The Morgan fingerprint density at radius 1 is 1.18 bits per heavy atom. The summed E-state index contributed by atoms with van der Waals surface area (Å²) in [5, 5.41) is 16.6. The number of benzene rings is 2. The number of aromatic amines is 1. The highest BCUT2D eigenvalue weighted by Gasteiger charge is 2.29. The first-order valence-corrected chi connectivity index (χ1v) is 11.6. The van der Waals surface area contributed by atoms with E-state index in [1.807, 2.05) is 54.3 Å². The van der Waals surface area contributed by atoms with Gasteiger partial charge in [0.2, 0.25) is 0 Å². The van der Waals surface area contributed by atoms with Crippen molar-refractivity contribution >= 4 is 5.91 Å². The minimum absolute atomic E-state index is 0.0150. The summed E-state index contributed by atoms with van der Waals surface area (Å²) in [6, 6.07) is 15.5.